The molecule has 2 aliphatic heterocycles. The number of hydrogen-bond donors (Lipinski definition) is 0. The number of piperazine rings is 1. The van der Waals surface area contributed by atoms with Crippen LogP contribution in [0, 0.1) is 19.8 Å². The number of anilines is 1. The summed E-state index contributed by atoms with van der Waals surface area (Å²) >= 11 is 0. The third-order valence-corrected chi connectivity index (χ3v) is 8.44. The van der Waals surface area contributed by atoms with Gasteiger partial charge in [-0.05, 0) is 58.4 Å². The maximum absolute atomic E-state index is 14.1. The van der Waals surface area contributed by atoms with E-state index in [0.29, 0.717) is 49.9 Å². The largest absolute Gasteiger partial charge is 0.491 e. The second-order valence-corrected chi connectivity index (χ2v) is 13.5. The average molecular weight is 681 g/mol. The number of aromatic nitrogens is 6. The number of halogens is 3. The Bertz CT molecular complexity index is 1890. The van der Waals surface area contributed by atoms with Crippen molar-refractivity contribution >= 4 is 17.8 Å². The molecule has 0 saturated carbocycles. The van der Waals surface area contributed by atoms with Crippen LogP contribution in [0.3, 0.4) is 0 Å². The Balaban J connectivity index is 1.27. The van der Waals surface area contributed by atoms with Crippen LogP contribution in [0.15, 0.2) is 36.8 Å². The summed E-state index contributed by atoms with van der Waals surface area (Å²) in [5, 5.41) is 3.69. The number of hydrogen-bond acceptors (Lipinski definition) is 9. The zero-order chi connectivity index (χ0) is 35.2. The van der Waals surface area contributed by atoms with E-state index in [1.54, 1.807) is 29.4 Å². The maximum Gasteiger partial charge on any atom is 0.435 e. The Morgan fingerprint density at radius 2 is 1.73 bits per heavy atom. The minimum atomic E-state index is -4.72. The number of imidazole rings is 1. The standard InChI is InChI=1S/C34H39F3N8O4/c1-20-13-24(40-31(39-20)43-9-11-44(12-10-43)32(47)49-33(3,4)5)16-23-19-48-29-25(27-18-42(6)41-30(27)34(35,36)37)14-22(15-26(29)28(23)46)17-45-8-7-38-21(45)2/h7-8,13-15,18,23H,9-12,16-17,19H2,1-6H3/t23-/m0/s1. The summed E-state index contributed by atoms with van der Waals surface area (Å²) in [4.78, 5) is 44.0. The van der Waals surface area contributed by atoms with Crippen LogP contribution >= 0.6 is 0 Å². The van der Waals surface area contributed by atoms with Gasteiger partial charge < -0.3 is 23.8 Å². The smallest absolute Gasteiger partial charge is 0.435 e. The fourth-order valence-electron chi connectivity index (χ4n) is 6.14. The fraction of sp³-hybridized carbons (Fsp3) is 0.471. The Morgan fingerprint density at radius 1 is 1.02 bits per heavy atom. The van der Waals surface area contributed by atoms with Gasteiger partial charge in [-0.15, -0.1) is 0 Å². The molecular weight excluding hydrogens is 641 g/mol. The minimum Gasteiger partial charge on any atom is -0.491 e. The lowest BCUT2D eigenvalue weighted by atomic mass is 9.87. The number of aryl methyl sites for hydroxylation is 3. The Hall–Kier alpha value is -4.95. The molecule has 0 unspecified atom stereocenters. The number of carbonyl (C=O) groups is 2. The summed E-state index contributed by atoms with van der Waals surface area (Å²) in [5.74, 6) is 0.451. The van der Waals surface area contributed by atoms with Crippen LogP contribution in [0.25, 0.3) is 11.1 Å². The minimum absolute atomic E-state index is 0.0344. The van der Waals surface area contributed by atoms with Crippen molar-refractivity contribution in [1.82, 2.24) is 34.2 Å². The molecule has 1 atom stereocenters. The molecule has 260 valence electrons. The van der Waals surface area contributed by atoms with E-state index in [2.05, 4.69) is 15.1 Å². The van der Waals surface area contributed by atoms with Crippen LogP contribution in [-0.4, -0.2) is 84.5 Å². The molecule has 5 heterocycles. The number of ether oxygens (including phenoxy) is 2. The van der Waals surface area contributed by atoms with Crippen molar-refractivity contribution in [1.29, 1.82) is 0 Å². The summed E-state index contributed by atoms with van der Waals surface area (Å²) in [6.45, 7) is 11.3. The predicted molar refractivity (Wildman–Crippen MR) is 174 cm³/mol. The van der Waals surface area contributed by atoms with Crippen LogP contribution in [0.1, 0.15) is 59.6 Å². The van der Waals surface area contributed by atoms with Gasteiger partial charge in [0.1, 0.15) is 17.2 Å². The van der Waals surface area contributed by atoms with E-state index in [1.165, 1.54) is 13.2 Å². The number of carbonyl (C=O) groups excluding carboxylic acids is 2. The highest BCUT2D eigenvalue weighted by Crippen LogP contribution is 2.44. The number of Topliss-reactive ketones (excluding diaryl/α,β-unsaturated/α-hetero) is 1. The van der Waals surface area contributed by atoms with E-state index >= 15 is 0 Å². The second-order valence-electron chi connectivity index (χ2n) is 13.5. The van der Waals surface area contributed by atoms with Gasteiger partial charge in [0.05, 0.1) is 18.1 Å². The highest BCUT2D eigenvalue weighted by atomic mass is 19.4. The lowest BCUT2D eigenvalue weighted by molar-refractivity contribution is -0.141. The normalized spacial score (nSPS) is 16.8. The fourth-order valence-corrected chi connectivity index (χ4v) is 6.14. The van der Waals surface area contributed by atoms with Crippen molar-refractivity contribution in [2.24, 2.45) is 13.0 Å². The first-order valence-corrected chi connectivity index (χ1v) is 16.1. The van der Waals surface area contributed by atoms with Crippen molar-refractivity contribution in [2.45, 2.75) is 59.4 Å². The Kier molecular flexibility index (Phi) is 8.88. The summed E-state index contributed by atoms with van der Waals surface area (Å²) in [6.07, 6.45) is -0.129. The number of benzene rings is 1. The van der Waals surface area contributed by atoms with E-state index in [-0.39, 0.29) is 47.3 Å². The molecular formula is C34H39F3N8O4. The molecule has 0 radical (unpaired) electrons. The zero-order valence-corrected chi connectivity index (χ0v) is 28.3. The number of ketones is 1. The van der Waals surface area contributed by atoms with E-state index in [0.717, 1.165) is 16.2 Å². The zero-order valence-electron chi connectivity index (χ0n) is 28.3. The highest BCUT2D eigenvalue weighted by Gasteiger charge is 2.40. The highest BCUT2D eigenvalue weighted by molar-refractivity contribution is 6.04. The van der Waals surface area contributed by atoms with Crippen LogP contribution in [-0.2, 0) is 30.9 Å². The van der Waals surface area contributed by atoms with Gasteiger partial charge in [0, 0.05) is 87.3 Å². The van der Waals surface area contributed by atoms with Gasteiger partial charge in [-0.1, -0.05) is 0 Å². The van der Waals surface area contributed by atoms with Gasteiger partial charge in [-0.3, -0.25) is 9.48 Å². The SMILES string of the molecule is Cc1cc(C[C@H]2COc3c(cc(Cn4ccnc4C)cc3-c3cn(C)nc3C(F)(F)F)C2=O)nc(N2CCN(C(=O)OC(C)(C)C)CC2)n1. The molecule has 4 aromatic rings. The number of rotatable bonds is 6. The van der Waals surface area contributed by atoms with Crippen molar-refractivity contribution in [3.63, 3.8) is 0 Å². The van der Waals surface area contributed by atoms with Gasteiger partial charge >= 0.3 is 12.3 Å². The molecule has 12 nitrogen and oxygen atoms in total. The van der Waals surface area contributed by atoms with E-state index in [9.17, 15) is 22.8 Å². The van der Waals surface area contributed by atoms with Crippen molar-refractivity contribution in [3.05, 3.63) is 70.8 Å². The van der Waals surface area contributed by atoms with Gasteiger partial charge in [0.15, 0.2) is 11.5 Å². The molecule has 49 heavy (non-hydrogen) atoms. The summed E-state index contributed by atoms with van der Waals surface area (Å²) in [6, 6.07) is 5.14. The van der Waals surface area contributed by atoms with Crippen LogP contribution in [0.4, 0.5) is 23.9 Å². The summed E-state index contributed by atoms with van der Waals surface area (Å²) < 4.78 is 56.9. The van der Waals surface area contributed by atoms with Crippen molar-refractivity contribution < 1.29 is 32.2 Å². The lowest BCUT2D eigenvalue weighted by Gasteiger charge is -2.35. The molecule has 1 saturated heterocycles. The Morgan fingerprint density at radius 3 is 2.39 bits per heavy atom. The predicted octanol–water partition coefficient (Wildman–Crippen LogP) is 5.25. The molecule has 0 aliphatic carbocycles. The molecule has 0 N–H and O–H groups in total. The Labute approximate surface area is 281 Å². The second kappa shape index (κ2) is 12.8. The van der Waals surface area contributed by atoms with Crippen LogP contribution < -0.4 is 9.64 Å². The number of alkyl halides is 3. The van der Waals surface area contributed by atoms with Crippen molar-refractivity contribution in [3.8, 4) is 16.9 Å². The quantitative estimate of drug-likeness (QED) is 0.269. The topological polar surface area (TPSA) is 120 Å². The molecule has 1 fully saturated rings. The molecule has 2 aliphatic rings. The van der Waals surface area contributed by atoms with E-state index in [1.807, 2.05) is 50.2 Å². The third-order valence-electron chi connectivity index (χ3n) is 8.44. The lowest BCUT2D eigenvalue weighted by Crippen LogP contribution is -2.50. The first-order valence-electron chi connectivity index (χ1n) is 16.1. The van der Waals surface area contributed by atoms with Gasteiger partial charge in [0.2, 0.25) is 5.95 Å². The number of nitrogens with zero attached hydrogens (tertiary/aromatic N) is 8. The van der Waals surface area contributed by atoms with Gasteiger partial charge in [0.25, 0.3) is 0 Å². The van der Waals surface area contributed by atoms with E-state index < -0.39 is 23.4 Å². The van der Waals surface area contributed by atoms with Crippen molar-refractivity contribution in [2.75, 3.05) is 37.7 Å². The monoisotopic (exact) mass is 680 g/mol. The molecule has 3 aromatic heterocycles. The van der Waals surface area contributed by atoms with Crippen LogP contribution in [0.5, 0.6) is 5.75 Å². The average Bonchev–Trinajstić information content (AvgIpc) is 3.62. The first kappa shape index (κ1) is 33.9. The molecule has 0 bridgehead atoms. The molecule has 15 heteroatoms. The van der Waals surface area contributed by atoms with E-state index in [4.69, 9.17) is 14.5 Å². The van der Waals surface area contributed by atoms with Gasteiger partial charge in [-0.25, -0.2) is 19.7 Å². The maximum atomic E-state index is 14.1. The first-order chi connectivity index (χ1) is 23.1. The number of fused-ring (bicyclic) bond motifs is 1. The summed E-state index contributed by atoms with van der Waals surface area (Å²) in [5.41, 5.74) is 0.541. The molecule has 0 spiro atoms. The van der Waals surface area contributed by atoms with Gasteiger partial charge in [-0.2, -0.15) is 18.3 Å². The third kappa shape index (κ3) is 7.39. The molecule has 1 aromatic carbocycles. The number of amides is 1. The molecule has 6 rings (SSSR count). The van der Waals surface area contributed by atoms with Crippen LogP contribution in [0.2, 0.25) is 0 Å². The summed E-state index contributed by atoms with van der Waals surface area (Å²) in [7, 11) is 1.42. The molecule has 1 amide bonds.